The zero-order chi connectivity index (χ0) is 11.8. The van der Waals surface area contributed by atoms with Gasteiger partial charge < -0.3 is 5.11 Å². The van der Waals surface area contributed by atoms with Gasteiger partial charge in [0, 0.05) is 13.0 Å². The highest BCUT2D eigenvalue weighted by Gasteiger charge is 2.44. The third-order valence-electron chi connectivity index (χ3n) is 2.51. The smallest absolute Gasteiger partial charge is 0.414 e. The van der Waals surface area contributed by atoms with Gasteiger partial charge in [0.15, 0.2) is 0 Å². The van der Waals surface area contributed by atoms with Crippen molar-refractivity contribution < 1.29 is 19.5 Å². The monoisotopic (exact) mass is 213 g/mol. The molecule has 0 aromatic heterocycles. The van der Waals surface area contributed by atoms with Gasteiger partial charge in [-0.3, -0.25) is 9.59 Å². The number of hydrogen-bond donors (Lipinski definition) is 1. The molecule has 1 aliphatic heterocycles. The zero-order valence-corrected chi connectivity index (χ0v) is 9.11. The van der Waals surface area contributed by atoms with E-state index in [0.29, 0.717) is 0 Å². The van der Waals surface area contributed by atoms with Gasteiger partial charge in [-0.2, -0.15) is 0 Å². The number of carboxylic acid groups (broad SMARTS) is 1. The van der Waals surface area contributed by atoms with Gasteiger partial charge in [-0.05, 0) is 5.41 Å². The van der Waals surface area contributed by atoms with Crippen LogP contribution in [0.25, 0.3) is 0 Å². The minimum absolute atomic E-state index is 0.0143. The van der Waals surface area contributed by atoms with E-state index in [1.807, 2.05) is 0 Å². The predicted octanol–water partition coefficient (Wildman–Crippen LogP) is 1.13. The van der Waals surface area contributed by atoms with Crippen LogP contribution in [0.5, 0.6) is 0 Å². The molecule has 1 aliphatic rings. The topological polar surface area (TPSA) is 74.7 Å². The van der Waals surface area contributed by atoms with Gasteiger partial charge >= 0.3 is 6.09 Å². The van der Waals surface area contributed by atoms with E-state index in [4.69, 9.17) is 5.11 Å². The summed E-state index contributed by atoms with van der Waals surface area (Å²) >= 11 is 0. The predicted molar refractivity (Wildman–Crippen MR) is 52.3 cm³/mol. The Morgan fingerprint density at radius 2 is 1.93 bits per heavy atom. The number of carbonyl (C=O) groups excluding carboxylic acids is 2. The molecule has 1 rings (SSSR count). The van der Waals surface area contributed by atoms with E-state index in [2.05, 4.69) is 0 Å². The average molecular weight is 213 g/mol. The van der Waals surface area contributed by atoms with E-state index in [1.54, 1.807) is 20.8 Å². The van der Waals surface area contributed by atoms with Crippen molar-refractivity contribution >= 4 is 17.8 Å². The number of rotatable bonds is 0. The Kier molecular flexibility index (Phi) is 2.83. The lowest BCUT2D eigenvalue weighted by Crippen LogP contribution is -2.52. The van der Waals surface area contributed by atoms with Crippen LogP contribution in [0.3, 0.4) is 0 Å². The second-order valence-corrected chi connectivity index (χ2v) is 4.79. The number of imide groups is 1. The van der Waals surface area contributed by atoms with Gasteiger partial charge in [0.1, 0.15) is 11.7 Å². The minimum Gasteiger partial charge on any atom is -0.465 e. The molecule has 5 nitrogen and oxygen atoms in total. The van der Waals surface area contributed by atoms with E-state index >= 15 is 0 Å². The number of ketones is 1. The van der Waals surface area contributed by atoms with E-state index in [0.717, 1.165) is 4.90 Å². The molecule has 1 atom stereocenters. The van der Waals surface area contributed by atoms with Crippen molar-refractivity contribution in [3.8, 4) is 0 Å². The number of likely N-dealkylation sites (tertiary alicyclic amines) is 1. The number of hydrogen-bond acceptors (Lipinski definition) is 3. The largest absolute Gasteiger partial charge is 0.465 e. The molecule has 0 aromatic carbocycles. The average Bonchev–Trinajstić information content (AvgIpc) is 2.00. The normalized spacial score (nSPS) is 23.1. The Balaban J connectivity index is 2.99. The van der Waals surface area contributed by atoms with Crippen LogP contribution in [0.4, 0.5) is 4.79 Å². The number of carbonyl (C=O) groups is 3. The van der Waals surface area contributed by atoms with Gasteiger partial charge in [0.05, 0.1) is 0 Å². The van der Waals surface area contributed by atoms with Crippen molar-refractivity contribution in [2.45, 2.75) is 27.2 Å². The molecule has 84 valence electrons. The first-order valence-corrected chi connectivity index (χ1v) is 4.82. The third kappa shape index (κ3) is 2.16. The lowest BCUT2D eigenvalue weighted by Gasteiger charge is -2.35. The van der Waals surface area contributed by atoms with Crippen LogP contribution in [0, 0.1) is 11.3 Å². The fourth-order valence-corrected chi connectivity index (χ4v) is 1.81. The fourth-order valence-electron chi connectivity index (χ4n) is 1.81. The standard InChI is InChI=1S/C10H15NO4/c1-10(2,3)7-6(12)4-5-11(8(7)13)9(14)15/h7H,4-5H2,1-3H3,(H,14,15). The van der Waals surface area contributed by atoms with Crippen LogP contribution < -0.4 is 0 Å². The van der Waals surface area contributed by atoms with Crippen LogP contribution in [0.2, 0.25) is 0 Å². The lowest BCUT2D eigenvalue weighted by molar-refractivity contribution is -0.148. The van der Waals surface area contributed by atoms with E-state index < -0.39 is 23.3 Å². The molecular formula is C10H15NO4. The second-order valence-electron chi connectivity index (χ2n) is 4.79. The Labute approximate surface area is 88.1 Å². The summed E-state index contributed by atoms with van der Waals surface area (Å²) < 4.78 is 0. The number of amides is 2. The Hall–Kier alpha value is -1.39. The maximum Gasteiger partial charge on any atom is 0.414 e. The van der Waals surface area contributed by atoms with E-state index in [-0.39, 0.29) is 18.7 Å². The molecule has 2 amide bonds. The Bertz CT molecular complexity index is 316. The molecule has 1 unspecified atom stereocenters. The Morgan fingerprint density at radius 1 is 1.40 bits per heavy atom. The van der Waals surface area contributed by atoms with Crippen LogP contribution in [0.1, 0.15) is 27.2 Å². The van der Waals surface area contributed by atoms with Crippen molar-refractivity contribution in [3.63, 3.8) is 0 Å². The third-order valence-corrected chi connectivity index (χ3v) is 2.51. The summed E-state index contributed by atoms with van der Waals surface area (Å²) in [6, 6.07) is 0. The summed E-state index contributed by atoms with van der Waals surface area (Å²) in [6.07, 6.45) is -1.15. The molecule has 1 N–H and O–H groups in total. The summed E-state index contributed by atoms with van der Waals surface area (Å²) in [4.78, 5) is 34.8. The van der Waals surface area contributed by atoms with Gasteiger partial charge in [-0.15, -0.1) is 0 Å². The van der Waals surface area contributed by atoms with Gasteiger partial charge in [0.2, 0.25) is 5.91 Å². The number of Topliss-reactive ketones (excluding diaryl/α,β-unsaturated/α-hetero) is 1. The van der Waals surface area contributed by atoms with Crippen LogP contribution in [-0.2, 0) is 9.59 Å². The van der Waals surface area contributed by atoms with Crippen molar-refractivity contribution in [2.75, 3.05) is 6.54 Å². The second kappa shape index (κ2) is 3.64. The molecule has 0 bridgehead atoms. The van der Waals surface area contributed by atoms with Gasteiger partial charge in [0.25, 0.3) is 0 Å². The maximum absolute atomic E-state index is 11.7. The molecule has 15 heavy (non-hydrogen) atoms. The van der Waals surface area contributed by atoms with Crippen LogP contribution in [0.15, 0.2) is 0 Å². The summed E-state index contributed by atoms with van der Waals surface area (Å²) in [5.74, 6) is -1.58. The van der Waals surface area contributed by atoms with Crippen molar-refractivity contribution in [1.29, 1.82) is 0 Å². The summed E-state index contributed by atoms with van der Waals surface area (Å²) in [5, 5.41) is 8.77. The summed E-state index contributed by atoms with van der Waals surface area (Å²) in [5.41, 5.74) is -0.526. The number of nitrogens with zero attached hydrogens (tertiary/aromatic N) is 1. The molecular weight excluding hydrogens is 198 g/mol. The highest BCUT2D eigenvalue weighted by Crippen LogP contribution is 2.32. The first kappa shape index (κ1) is 11.7. The first-order chi connectivity index (χ1) is 6.75. The van der Waals surface area contributed by atoms with Crippen LogP contribution in [-0.4, -0.2) is 34.3 Å². The SMILES string of the molecule is CC(C)(C)C1C(=O)CCN(C(=O)O)C1=O. The van der Waals surface area contributed by atoms with Gasteiger partial charge in [-0.25, -0.2) is 9.69 Å². The molecule has 0 radical (unpaired) electrons. The fraction of sp³-hybridized carbons (Fsp3) is 0.700. The maximum atomic E-state index is 11.7. The van der Waals surface area contributed by atoms with Crippen molar-refractivity contribution in [1.82, 2.24) is 4.90 Å². The van der Waals surface area contributed by atoms with E-state index in [1.165, 1.54) is 0 Å². The highest BCUT2D eigenvalue weighted by molar-refractivity contribution is 6.08. The molecule has 1 fully saturated rings. The Morgan fingerprint density at radius 3 is 2.33 bits per heavy atom. The lowest BCUT2D eigenvalue weighted by atomic mass is 9.75. The zero-order valence-electron chi connectivity index (χ0n) is 9.11. The minimum atomic E-state index is -1.28. The molecule has 5 heteroatoms. The van der Waals surface area contributed by atoms with Gasteiger partial charge in [-0.1, -0.05) is 20.8 Å². The molecule has 0 aliphatic carbocycles. The molecule has 1 heterocycles. The van der Waals surface area contributed by atoms with Crippen LogP contribution >= 0.6 is 0 Å². The highest BCUT2D eigenvalue weighted by atomic mass is 16.4. The molecule has 0 aromatic rings. The quantitative estimate of drug-likeness (QED) is 0.612. The molecule has 0 saturated carbocycles. The first-order valence-electron chi connectivity index (χ1n) is 4.82. The number of piperidine rings is 1. The van der Waals surface area contributed by atoms with Crippen molar-refractivity contribution in [2.24, 2.45) is 11.3 Å². The molecule has 1 saturated heterocycles. The summed E-state index contributed by atoms with van der Waals surface area (Å²) in [6.45, 7) is 5.27. The van der Waals surface area contributed by atoms with E-state index in [9.17, 15) is 14.4 Å². The molecule has 0 spiro atoms. The van der Waals surface area contributed by atoms with Crippen molar-refractivity contribution in [3.05, 3.63) is 0 Å². The summed E-state index contributed by atoms with van der Waals surface area (Å²) in [7, 11) is 0.